The number of unbranched alkanes of at least 4 members (excludes halogenated alkanes) is 6. The Labute approximate surface area is 86.5 Å². The molecule has 13 heavy (non-hydrogen) atoms. The molecule has 0 aliphatic rings. The predicted octanol–water partition coefficient (Wildman–Crippen LogP) is 3.03. The second-order valence-electron chi connectivity index (χ2n) is 3.51. The second-order valence-corrected chi connectivity index (χ2v) is 7.04. The Morgan fingerprint density at radius 2 is 1.38 bits per heavy atom. The van der Waals surface area contributed by atoms with Gasteiger partial charge in [0.05, 0.1) is 0 Å². The molecule has 2 N–H and O–H groups in total. The fourth-order valence-electron chi connectivity index (χ4n) is 1.27. The first-order chi connectivity index (χ1) is 6.06. The van der Waals surface area contributed by atoms with E-state index in [1.807, 2.05) is 0 Å². The molecule has 0 rings (SSSR count). The quantitative estimate of drug-likeness (QED) is 0.492. The van der Waals surface area contributed by atoms with Crippen molar-refractivity contribution in [3.05, 3.63) is 0 Å². The first-order valence-electron chi connectivity index (χ1n) is 5.11. The van der Waals surface area contributed by atoms with Crippen molar-refractivity contribution in [2.24, 2.45) is 0 Å². The van der Waals surface area contributed by atoms with Gasteiger partial charge in [0, 0.05) is 6.16 Å². The molecule has 0 aromatic heterocycles. The zero-order chi connectivity index (χ0) is 10.2. The third-order valence-corrected chi connectivity index (χ3v) is 3.50. The topological polar surface area (TPSA) is 40.5 Å². The standard InChI is InChI=1S/C9H21O2PS/c1-2-3-4-5-6-7-8-9-12(10,11)13/h2-9H2,1H3,(H2,10,11,13). The van der Waals surface area contributed by atoms with Crippen LogP contribution in [0.3, 0.4) is 0 Å². The monoisotopic (exact) mass is 224 g/mol. The van der Waals surface area contributed by atoms with Crippen LogP contribution in [0.4, 0.5) is 0 Å². The van der Waals surface area contributed by atoms with Crippen molar-refractivity contribution in [3.8, 4) is 0 Å². The summed E-state index contributed by atoms with van der Waals surface area (Å²) in [4.78, 5) is 17.9. The summed E-state index contributed by atoms with van der Waals surface area (Å²) in [7, 11) is 0. The molecule has 0 saturated carbocycles. The molecule has 80 valence electrons. The van der Waals surface area contributed by atoms with Gasteiger partial charge in [0.15, 0.2) is 6.49 Å². The van der Waals surface area contributed by atoms with Crippen LogP contribution in [0, 0.1) is 0 Å². The summed E-state index contributed by atoms with van der Waals surface area (Å²) in [5.74, 6) is 0. The van der Waals surface area contributed by atoms with Crippen molar-refractivity contribution in [3.63, 3.8) is 0 Å². The third kappa shape index (κ3) is 12.6. The Kier molecular flexibility index (Phi) is 8.27. The second kappa shape index (κ2) is 7.93. The lowest BCUT2D eigenvalue weighted by atomic mass is 10.1. The van der Waals surface area contributed by atoms with Crippen molar-refractivity contribution in [2.45, 2.75) is 51.9 Å². The SMILES string of the molecule is CCCCCCCCCP(O)(O)=S. The number of rotatable bonds is 8. The zero-order valence-corrected chi connectivity index (χ0v) is 10.1. The highest BCUT2D eigenvalue weighted by atomic mass is 32.5. The first-order valence-corrected chi connectivity index (χ1v) is 8.00. The first kappa shape index (κ1) is 13.6. The minimum absolute atomic E-state index is 0.427. The molecule has 0 unspecified atom stereocenters. The number of hydrogen-bond donors (Lipinski definition) is 2. The van der Waals surface area contributed by atoms with Gasteiger partial charge in [-0.3, -0.25) is 0 Å². The Morgan fingerprint density at radius 3 is 1.85 bits per heavy atom. The molecule has 0 bridgehead atoms. The molecule has 0 aliphatic carbocycles. The maximum absolute atomic E-state index is 8.94. The highest BCUT2D eigenvalue weighted by Gasteiger charge is 2.05. The van der Waals surface area contributed by atoms with Crippen molar-refractivity contribution in [1.82, 2.24) is 0 Å². The average molecular weight is 224 g/mol. The van der Waals surface area contributed by atoms with E-state index in [-0.39, 0.29) is 0 Å². The van der Waals surface area contributed by atoms with Crippen LogP contribution in [0.5, 0.6) is 0 Å². The fraction of sp³-hybridized carbons (Fsp3) is 1.00. The molecule has 2 nitrogen and oxygen atoms in total. The molecule has 0 atom stereocenters. The van der Waals surface area contributed by atoms with Crippen LogP contribution in [0.25, 0.3) is 0 Å². The van der Waals surface area contributed by atoms with E-state index in [0.717, 1.165) is 12.8 Å². The van der Waals surface area contributed by atoms with E-state index in [1.54, 1.807) is 0 Å². The molecule has 0 aliphatic heterocycles. The Hall–Kier alpha value is 0.570. The highest BCUT2D eigenvalue weighted by molar-refractivity contribution is 8.09. The lowest BCUT2D eigenvalue weighted by Gasteiger charge is -2.06. The molecule has 4 heteroatoms. The smallest absolute Gasteiger partial charge is 0.183 e. The van der Waals surface area contributed by atoms with Gasteiger partial charge in [0.25, 0.3) is 0 Å². The van der Waals surface area contributed by atoms with E-state index >= 15 is 0 Å². The molecule has 0 radical (unpaired) electrons. The van der Waals surface area contributed by atoms with Crippen molar-refractivity contribution < 1.29 is 9.79 Å². The van der Waals surface area contributed by atoms with E-state index in [4.69, 9.17) is 9.79 Å². The Balaban J connectivity index is 3.04. The van der Waals surface area contributed by atoms with Crippen molar-refractivity contribution in [2.75, 3.05) is 6.16 Å². The molecule has 0 fully saturated rings. The summed E-state index contributed by atoms with van der Waals surface area (Å²) in [5.41, 5.74) is 0. The van der Waals surface area contributed by atoms with Gasteiger partial charge >= 0.3 is 0 Å². The van der Waals surface area contributed by atoms with Crippen LogP contribution < -0.4 is 0 Å². The summed E-state index contributed by atoms with van der Waals surface area (Å²) in [5, 5.41) is 0. The van der Waals surface area contributed by atoms with Gasteiger partial charge in [-0.2, -0.15) is 0 Å². The van der Waals surface area contributed by atoms with Crippen molar-refractivity contribution >= 4 is 18.3 Å². The minimum atomic E-state index is -2.89. The largest absolute Gasteiger partial charge is 0.345 e. The summed E-state index contributed by atoms with van der Waals surface area (Å²) < 4.78 is 0. The Bertz CT molecular complexity index is 156. The van der Waals surface area contributed by atoms with E-state index in [2.05, 4.69) is 18.7 Å². The summed E-state index contributed by atoms with van der Waals surface area (Å²) in [6, 6.07) is 0. The summed E-state index contributed by atoms with van der Waals surface area (Å²) in [6.45, 7) is -0.692. The molecular weight excluding hydrogens is 203 g/mol. The lowest BCUT2D eigenvalue weighted by molar-refractivity contribution is 0.474. The van der Waals surface area contributed by atoms with Gasteiger partial charge in [-0.1, -0.05) is 45.4 Å². The maximum atomic E-state index is 8.94. The van der Waals surface area contributed by atoms with Crippen molar-refractivity contribution in [1.29, 1.82) is 0 Å². The van der Waals surface area contributed by atoms with E-state index in [9.17, 15) is 0 Å². The third-order valence-electron chi connectivity index (χ3n) is 2.05. The minimum Gasteiger partial charge on any atom is -0.345 e. The summed E-state index contributed by atoms with van der Waals surface area (Å²) in [6.07, 6.45) is 8.76. The molecule has 0 spiro atoms. The Morgan fingerprint density at radius 1 is 0.923 bits per heavy atom. The van der Waals surface area contributed by atoms with Gasteiger partial charge in [0.2, 0.25) is 0 Å². The molecular formula is C9H21O2PS. The molecule has 0 aromatic rings. The maximum Gasteiger partial charge on any atom is 0.183 e. The lowest BCUT2D eigenvalue weighted by Crippen LogP contribution is -1.87. The van der Waals surface area contributed by atoms with Crippen LogP contribution in [-0.2, 0) is 11.8 Å². The van der Waals surface area contributed by atoms with Crippen LogP contribution in [0.15, 0.2) is 0 Å². The molecule has 0 saturated heterocycles. The molecule has 0 heterocycles. The average Bonchev–Trinajstić information content (AvgIpc) is 2.01. The van der Waals surface area contributed by atoms with E-state index in [0.29, 0.717) is 6.16 Å². The van der Waals surface area contributed by atoms with Crippen LogP contribution in [-0.4, -0.2) is 15.9 Å². The zero-order valence-electron chi connectivity index (χ0n) is 8.41. The van der Waals surface area contributed by atoms with Crippen LogP contribution in [0.2, 0.25) is 0 Å². The van der Waals surface area contributed by atoms with Gasteiger partial charge in [-0.15, -0.1) is 0 Å². The molecule has 0 amide bonds. The highest BCUT2D eigenvalue weighted by Crippen LogP contribution is 2.36. The number of hydrogen-bond acceptors (Lipinski definition) is 1. The van der Waals surface area contributed by atoms with Crippen LogP contribution >= 0.6 is 6.49 Å². The fourth-order valence-corrected chi connectivity index (χ4v) is 2.30. The van der Waals surface area contributed by atoms with E-state index in [1.165, 1.54) is 32.1 Å². The van der Waals surface area contributed by atoms with E-state index < -0.39 is 6.49 Å². The van der Waals surface area contributed by atoms with Gasteiger partial charge in [-0.05, 0) is 18.2 Å². The normalized spacial score (nSPS) is 11.9. The van der Waals surface area contributed by atoms with Gasteiger partial charge in [0.1, 0.15) is 0 Å². The molecule has 0 aromatic carbocycles. The summed E-state index contributed by atoms with van der Waals surface area (Å²) >= 11 is 4.53. The van der Waals surface area contributed by atoms with Gasteiger partial charge < -0.3 is 9.79 Å². The van der Waals surface area contributed by atoms with Crippen LogP contribution in [0.1, 0.15) is 51.9 Å². The predicted molar refractivity (Wildman–Crippen MR) is 61.6 cm³/mol. The van der Waals surface area contributed by atoms with Gasteiger partial charge in [-0.25, -0.2) is 0 Å².